The average molecular weight is 186 g/mol. The third-order valence-electron chi connectivity index (χ3n) is 0.966. The molecular formula is C9H14O4. The van der Waals surface area contributed by atoms with Gasteiger partial charge in [0.15, 0.2) is 5.94 Å². The summed E-state index contributed by atoms with van der Waals surface area (Å²) in [6, 6.07) is 0. The molecule has 4 nitrogen and oxygen atoms in total. The zero-order valence-corrected chi connectivity index (χ0v) is 8.34. The molecule has 0 atom stereocenters. The van der Waals surface area contributed by atoms with Crippen molar-refractivity contribution in [2.75, 3.05) is 6.61 Å². The van der Waals surface area contributed by atoms with E-state index in [2.05, 4.69) is 0 Å². The van der Waals surface area contributed by atoms with E-state index in [-0.39, 0.29) is 6.61 Å². The fourth-order valence-electron chi connectivity index (χ4n) is 0.599. The lowest BCUT2D eigenvalue weighted by molar-refractivity contribution is -0.153. The van der Waals surface area contributed by atoms with Crippen LogP contribution in [0.2, 0.25) is 0 Å². The van der Waals surface area contributed by atoms with Crippen molar-refractivity contribution < 1.29 is 19.1 Å². The third-order valence-corrected chi connectivity index (χ3v) is 0.966. The second-order valence-electron chi connectivity index (χ2n) is 3.37. The molecule has 4 heteroatoms. The maximum absolute atomic E-state index is 11.1. The Morgan fingerprint density at radius 1 is 1.38 bits per heavy atom. The van der Waals surface area contributed by atoms with Crippen LogP contribution in [-0.2, 0) is 19.1 Å². The lowest BCUT2D eigenvalue weighted by atomic mass is 10.2. The fourth-order valence-corrected chi connectivity index (χ4v) is 0.599. The first-order valence-electron chi connectivity index (χ1n) is 4.02. The highest BCUT2D eigenvalue weighted by Crippen LogP contribution is 2.09. The number of esters is 1. The largest absolute Gasteiger partial charge is 0.479 e. The summed E-state index contributed by atoms with van der Waals surface area (Å²) in [7, 11) is 0. The first-order chi connectivity index (χ1) is 5.90. The van der Waals surface area contributed by atoms with Crippen LogP contribution < -0.4 is 0 Å². The Balaban J connectivity index is 4.33. The summed E-state index contributed by atoms with van der Waals surface area (Å²) in [4.78, 5) is 21.4. The highest BCUT2D eigenvalue weighted by atomic mass is 16.6. The van der Waals surface area contributed by atoms with Crippen LogP contribution in [0.1, 0.15) is 27.7 Å². The predicted molar refractivity (Wildman–Crippen MR) is 46.7 cm³/mol. The van der Waals surface area contributed by atoms with E-state index >= 15 is 0 Å². The van der Waals surface area contributed by atoms with E-state index < -0.39 is 17.3 Å². The van der Waals surface area contributed by atoms with Crippen molar-refractivity contribution in [1.82, 2.24) is 0 Å². The van der Waals surface area contributed by atoms with Crippen molar-refractivity contribution in [3.05, 3.63) is 5.76 Å². The van der Waals surface area contributed by atoms with Crippen molar-refractivity contribution in [1.29, 1.82) is 0 Å². The van der Waals surface area contributed by atoms with Gasteiger partial charge in [0, 0.05) is 0 Å². The van der Waals surface area contributed by atoms with Crippen LogP contribution in [0.25, 0.3) is 0 Å². The Hall–Kier alpha value is -1.28. The van der Waals surface area contributed by atoms with E-state index in [4.69, 9.17) is 9.47 Å². The second kappa shape index (κ2) is 4.67. The first-order valence-corrected chi connectivity index (χ1v) is 4.02. The normalized spacial score (nSPS) is 10.2. The molecule has 0 saturated heterocycles. The molecule has 0 aromatic heterocycles. The van der Waals surface area contributed by atoms with Gasteiger partial charge in [0.2, 0.25) is 0 Å². The average Bonchev–Trinajstić information content (AvgIpc) is 1.96. The Bertz CT molecular complexity index is 230. The summed E-state index contributed by atoms with van der Waals surface area (Å²) in [5.41, 5.74) is -0.629. The molecule has 0 unspecified atom stereocenters. The molecule has 0 spiro atoms. The van der Waals surface area contributed by atoms with Crippen LogP contribution in [0.15, 0.2) is 5.76 Å². The van der Waals surface area contributed by atoms with Crippen molar-refractivity contribution in [2.45, 2.75) is 33.3 Å². The van der Waals surface area contributed by atoms with Crippen LogP contribution in [0, 0.1) is 0 Å². The smallest absolute Gasteiger partial charge is 0.386 e. The molecule has 0 aromatic rings. The minimum absolute atomic E-state index is 0.240. The quantitative estimate of drug-likeness (QED) is 0.286. The monoisotopic (exact) mass is 186 g/mol. The lowest BCUT2D eigenvalue weighted by Crippen LogP contribution is -2.25. The molecule has 0 aromatic carbocycles. The summed E-state index contributed by atoms with van der Waals surface area (Å²) in [6.07, 6.45) is 0. The van der Waals surface area contributed by atoms with Crippen LogP contribution in [0.3, 0.4) is 0 Å². The fraction of sp³-hybridized carbons (Fsp3) is 0.667. The molecule has 13 heavy (non-hydrogen) atoms. The van der Waals surface area contributed by atoms with Gasteiger partial charge in [-0.2, -0.15) is 0 Å². The molecule has 0 fully saturated rings. The van der Waals surface area contributed by atoms with Crippen LogP contribution >= 0.6 is 0 Å². The Morgan fingerprint density at radius 3 is 2.23 bits per heavy atom. The summed E-state index contributed by atoms with van der Waals surface area (Å²) >= 11 is 0. The Morgan fingerprint density at radius 2 is 1.92 bits per heavy atom. The zero-order chi connectivity index (χ0) is 10.5. The molecule has 0 radical (unpaired) electrons. The number of ether oxygens (including phenoxy) is 2. The van der Waals surface area contributed by atoms with Gasteiger partial charge in [0.25, 0.3) is 5.76 Å². The van der Waals surface area contributed by atoms with Crippen molar-refractivity contribution >= 4 is 11.9 Å². The molecule has 0 aliphatic rings. The molecule has 0 rings (SSSR count). The summed E-state index contributed by atoms with van der Waals surface area (Å²) in [6.45, 7) is 7.03. The van der Waals surface area contributed by atoms with Gasteiger partial charge in [-0.25, -0.2) is 9.59 Å². The van der Waals surface area contributed by atoms with Gasteiger partial charge in [-0.15, -0.1) is 0 Å². The highest BCUT2D eigenvalue weighted by molar-refractivity contribution is 5.94. The van der Waals surface area contributed by atoms with Crippen LogP contribution in [0.5, 0.6) is 0 Å². The van der Waals surface area contributed by atoms with E-state index in [1.54, 1.807) is 27.7 Å². The molecule has 0 aliphatic carbocycles. The van der Waals surface area contributed by atoms with Gasteiger partial charge >= 0.3 is 5.97 Å². The minimum atomic E-state index is -0.774. The van der Waals surface area contributed by atoms with E-state index in [0.29, 0.717) is 0 Å². The summed E-state index contributed by atoms with van der Waals surface area (Å²) in [5, 5.41) is 0. The first kappa shape index (κ1) is 11.7. The molecule has 74 valence electrons. The maximum atomic E-state index is 11.1. The lowest BCUT2D eigenvalue weighted by Gasteiger charge is -2.19. The number of carbonyl (C=O) groups is 1. The number of rotatable bonds is 3. The van der Waals surface area contributed by atoms with Crippen molar-refractivity contribution in [2.24, 2.45) is 0 Å². The molecule has 0 aliphatic heterocycles. The standard InChI is InChI=1S/C9H14O4/c1-5-12-7(6-10)8(11)13-9(2,3)4/h5H2,1-4H3. The topological polar surface area (TPSA) is 52.6 Å². The van der Waals surface area contributed by atoms with Gasteiger partial charge in [-0.3, -0.25) is 0 Å². The highest BCUT2D eigenvalue weighted by Gasteiger charge is 2.21. The maximum Gasteiger partial charge on any atom is 0.386 e. The summed E-state index contributed by atoms with van der Waals surface area (Å²) in [5.74, 6) is 0.216. The van der Waals surface area contributed by atoms with Gasteiger partial charge in [0.05, 0.1) is 6.61 Å². The SMILES string of the molecule is CCOC(=C=O)C(=O)OC(C)(C)C. The number of hydrogen-bond donors (Lipinski definition) is 0. The Labute approximate surface area is 77.5 Å². The molecule has 0 amide bonds. The van der Waals surface area contributed by atoms with E-state index in [1.807, 2.05) is 0 Å². The Kier molecular flexibility index (Phi) is 4.21. The molecule has 0 heterocycles. The molecule has 0 N–H and O–H groups in total. The van der Waals surface area contributed by atoms with Gasteiger partial charge in [-0.05, 0) is 27.7 Å². The van der Waals surface area contributed by atoms with Gasteiger partial charge < -0.3 is 9.47 Å². The predicted octanol–water partition coefficient (Wildman–Crippen LogP) is 1.08. The molecule has 0 bridgehead atoms. The van der Waals surface area contributed by atoms with E-state index in [1.165, 1.54) is 5.94 Å². The molecular weight excluding hydrogens is 172 g/mol. The number of hydrogen-bond acceptors (Lipinski definition) is 4. The summed E-state index contributed by atoms with van der Waals surface area (Å²) < 4.78 is 9.60. The minimum Gasteiger partial charge on any atom is -0.479 e. The van der Waals surface area contributed by atoms with Gasteiger partial charge in [-0.1, -0.05) is 0 Å². The van der Waals surface area contributed by atoms with Crippen LogP contribution in [0.4, 0.5) is 0 Å². The number of carbonyl (C=O) groups excluding carboxylic acids is 2. The van der Waals surface area contributed by atoms with Crippen molar-refractivity contribution in [3.63, 3.8) is 0 Å². The zero-order valence-electron chi connectivity index (χ0n) is 8.34. The van der Waals surface area contributed by atoms with Crippen molar-refractivity contribution in [3.8, 4) is 0 Å². The van der Waals surface area contributed by atoms with E-state index in [9.17, 15) is 9.59 Å². The van der Waals surface area contributed by atoms with Gasteiger partial charge in [0.1, 0.15) is 5.60 Å². The van der Waals surface area contributed by atoms with Crippen LogP contribution in [-0.4, -0.2) is 24.1 Å². The van der Waals surface area contributed by atoms with E-state index in [0.717, 1.165) is 0 Å². The third kappa shape index (κ3) is 5.04. The second-order valence-corrected chi connectivity index (χ2v) is 3.37. The molecule has 0 saturated carbocycles.